The summed E-state index contributed by atoms with van der Waals surface area (Å²) < 4.78 is 5.79. The summed E-state index contributed by atoms with van der Waals surface area (Å²) in [5.41, 5.74) is 9.44. The molecule has 0 atom stereocenters. The molecule has 0 saturated heterocycles. The number of hydrogen-bond acceptors (Lipinski definition) is 2. The Morgan fingerprint density at radius 2 is 1.95 bits per heavy atom. The average molecular weight is 487 g/mol. The maximum atomic E-state index is 5.79. The molecule has 3 aromatic rings. The first-order valence-electron chi connectivity index (χ1n) is 13.1. The molecule has 0 amide bonds. The molecule has 186 valence electrons. The van der Waals surface area contributed by atoms with Gasteiger partial charge in [0.15, 0.2) is 5.58 Å². The zero-order valence-corrected chi connectivity index (χ0v) is 21.4. The van der Waals surface area contributed by atoms with Gasteiger partial charge < -0.3 is 14.7 Å². The van der Waals surface area contributed by atoms with Gasteiger partial charge in [-0.1, -0.05) is 91.1 Å². The van der Waals surface area contributed by atoms with Crippen LogP contribution in [0.1, 0.15) is 43.1 Å². The van der Waals surface area contributed by atoms with Gasteiger partial charge in [-0.25, -0.2) is 0 Å². The topological polar surface area (TPSA) is 41.0 Å². The first-order valence-corrected chi connectivity index (χ1v) is 13.1. The van der Waals surface area contributed by atoms with Crippen molar-refractivity contribution in [2.45, 2.75) is 32.6 Å². The van der Waals surface area contributed by atoms with Crippen molar-refractivity contribution < 1.29 is 4.42 Å². The third-order valence-electron chi connectivity index (χ3n) is 6.65. The monoisotopic (exact) mass is 486 g/mol. The molecule has 2 heterocycles. The van der Waals surface area contributed by atoms with Crippen LogP contribution in [-0.2, 0) is 6.42 Å². The first-order chi connectivity index (χ1) is 18.2. The quantitative estimate of drug-likeness (QED) is 0.235. The SMILES string of the molecule is C/C(=C\C=C\C1=CCCC=C1)c1ccc(C2=CC=C(NC/C=C\Cc3cc4[nH]ccc4o3)CC=C2)cc1. The van der Waals surface area contributed by atoms with E-state index in [1.807, 2.05) is 12.3 Å². The van der Waals surface area contributed by atoms with E-state index in [4.69, 9.17) is 4.42 Å². The van der Waals surface area contributed by atoms with Crippen LogP contribution >= 0.6 is 0 Å². The molecule has 2 aliphatic rings. The van der Waals surface area contributed by atoms with Crippen LogP contribution in [0.5, 0.6) is 0 Å². The predicted molar refractivity (Wildman–Crippen MR) is 157 cm³/mol. The van der Waals surface area contributed by atoms with E-state index in [9.17, 15) is 0 Å². The molecule has 3 nitrogen and oxygen atoms in total. The van der Waals surface area contributed by atoms with E-state index in [1.165, 1.54) is 33.5 Å². The number of furan rings is 1. The minimum absolute atomic E-state index is 0.795. The normalized spacial score (nSPS) is 16.4. The summed E-state index contributed by atoms with van der Waals surface area (Å²) in [6.45, 7) is 2.96. The molecule has 0 unspecified atom stereocenters. The zero-order chi connectivity index (χ0) is 25.3. The van der Waals surface area contributed by atoms with Gasteiger partial charge in [0, 0.05) is 37.3 Å². The molecule has 3 heteroatoms. The van der Waals surface area contributed by atoms with Gasteiger partial charge in [-0.05, 0) is 59.8 Å². The number of rotatable bonds is 9. The van der Waals surface area contributed by atoms with Crippen molar-refractivity contribution in [3.05, 3.63) is 144 Å². The highest BCUT2D eigenvalue weighted by molar-refractivity contribution is 5.77. The zero-order valence-electron chi connectivity index (χ0n) is 21.4. The van der Waals surface area contributed by atoms with E-state index < -0.39 is 0 Å². The molecule has 1 aromatic carbocycles. The van der Waals surface area contributed by atoms with Gasteiger partial charge >= 0.3 is 0 Å². The van der Waals surface area contributed by atoms with Gasteiger partial charge in [-0.3, -0.25) is 0 Å². The summed E-state index contributed by atoms with van der Waals surface area (Å²) in [6.07, 6.45) is 32.3. The number of allylic oxidation sites excluding steroid dienone is 14. The Kier molecular flexibility index (Phi) is 8.02. The van der Waals surface area contributed by atoms with Gasteiger partial charge in [0.2, 0.25) is 0 Å². The van der Waals surface area contributed by atoms with Crippen molar-refractivity contribution in [3.63, 3.8) is 0 Å². The lowest BCUT2D eigenvalue weighted by molar-refractivity contribution is 0.565. The highest BCUT2D eigenvalue weighted by Gasteiger charge is 2.04. The Bertz CT molecular complexity index is 1430. The lowest BCUT2D eigenvalue weighted by Gasteiger charge is -2.05. The van der Waals surface area contributed by atoms with Crippen LogP contribution in [0.15, 0.2) is 131 Å². The molecule has 0 fully saturated rings. The molecule has 0 bridgehead atoms. The van der Waals surface area contributed by atoms with Crippen LogP contribution in [0.25, 0.3) is 22.2 Å². The maximum absolute atomic E-state index is 5.79. The number of aromatic amines is 1. The third kappa shape index (κ3) is 6.71. The van der Waals surface area contributed by atoms with E-state index in [2.05, 4.69) is 120 Å². The predicted octanol–water partition coefficient (Wildman–Crippen LogP) is 8.61. The minimum atomic E-state index is 0.795. The van der Waals surface area contributed by atoms with Crippen molar-refractivity contribution in [1.82, 2.24) is 10.3 Å². The number of hydrogen-bond donors (Lipinski definition) is 2. The first kappa shape index (κ1) is 24.5. The fourth-order valence-electron chi connectivity index (χ4n) is 4.51. The summed E-state index contributed by atoms with van der Waals surface area (Å²) in [5, 5.41) is 3.53. The summed E-state index contributed by atoms with van der Waals surface area (Å²) in [5.74, 6) is 0.977. The fourth-order valence-corrected chi connectivity index (χ4v) is 4.51. The molecular weight excluding hydrogens is 452 g/mol. The van der Waals surface area contributed by atoms with Crippen molar-refractivity contribution >= 4 is 22.2 Å². The van der Waals surface area contributed by atoms with Crippen molar-refractivity contribution in [1.29, 1.82) is 0 Å². The number of nitrogens with one attached hydrogen (secondary N) is 2. The van der Waals surface area contributed by atoms with E-state index in [1.54, 1.807) is 0 Å². The minimum Gasteiger partial charge on any atom is -0.459 e. The molecule has 0 radical (unpaired) electrons. The van der Waals surface area contributed by atoms with Crippen LogP contribution in [-0.4, -0.2) is 11.5 Å². The van der Waals surface area contributed by atoms with E-state index in [0.29, 0.717) is 0 Å². The average Bonchev–Trinajstić information content (AvgIpc) is 3.44. The van der Waals surface area contributed by atoms with Crippen LogP contribution in [0.4, 0.5) is 0 Å². The Morgan fingerprint density at radius 1 is 1.03 bits per heavy atom. The largest absolute Gasteiger partial charge is 0.459 e. The second-order valence-corrected chi connectivity index (χ2v) is 9.42. The summed E-state index contributed by atoms with van der Waals surface area (Å²) in [4.78, 5) is 3.17. The smallest absolute Gasteiger partial charge is 0.151 e. The van der Waals surface area contributed by atoms with E-state index in [-0.39, 0.29) is 0 Å². The van der Waals surface area contributed by atoms with Gasteiger partial charge in [0.25, 0.3) is 0 Å². The van der Waals surface area contributed by atoms with Crippen molar-refractivity contribution in [2.24, 2.45) is 0 Å². The highest BCUT2D eigenvalue weighted by atomic mass is 16.3. The standard InChI is InChI=1S/C34H34N2O/c1-26(9-7-12-27-10-3-2-4-11-27)28-16-18-30(19-17-28)29-13-8-14-31(21-20-29)35-23-6-5-15-32-25-33-34(37-32)22-24-36-33/h3,5-13,16-22,24-25,35-36H,2,4,14-15,23H2,1H3/b6-5-,12-7+,26-9+. The molecule has 2 aliphatic carbocycles. The molecule has 2 N–H and O–H groups in total. The van der Waals surface area contributed by atoms with E-state index >= 15 is 0 Å². The van der Waals surface area contributed by atoms with E-state index in [0.717, 1.165) is 49.1 Å². The highest BCUT2D eigenvalue weighted by Crippen LogP contribution is 2.23. The van der Waals surface area contributed by atoms with Crippen molar-refractivity contribution in [3.8, 4) is 0 Å². The molecule has 0 saturated carbocycles. The van der Waals surface area contributed by atoms with Crippen LogP contribution in [0.3, 0.4) is 0 Å². The summed E-state index contributed by atoms with van der Waals surface area (Å²) >= 11 is 0. The molecule has 37 heavy (non-hydrogen) atoms. The molecule has 2 aromatic heterocycles. The molecule has 0 aliphatic heterocycles. The van der Waals surface area contributed by atoms with Gasteiger partial charge in [0.05, 0.1) is 5.52 Å². The van der Waals surface area contributed by atoms with Crippen molar-refractivity contribution in [2.75, 3.05) is 6.54 Å². The second kappa shape index (κ2) is 12.1. The number of fused-ring (bicyclic) bond motifs is 1. The van der Waals surface area contributed by atoms with Gasteiger partial charge in [-0.2, -0.15) is 0 Å². The number of benzene rings is 1. The third-order valence-corrected chi connectivity index (χ3v) is 6.65. The number of H-pyrrole nitrogens is 1. The summed E-state index contributed by atoms with van der Waals surface area (Å²) in [6, 6.07) is 12.9. The van der Waals surface area contributed by atoms with Crippen LogP contribution in [0, 0.1) is 0 Å². The lowest BCUT2D eigenvalue weighted by atomic mass is 10.00. The van der Waals surface area contributed by atoms with Crippen LogP contribution in [0.2, 0.25) is 0 Å². The van der Waals surface area contributed by atoms with Crippen LogP contribution < -0.4 is 5.32 Å². The Labute approximate surface area is 219 Å². The molecular formula is C34H34N2O. The maximum Gasteiger partial charge on any atom is 0.151 e. The lowest BCUT2D eigenvalue weighted by Crippen LogP contribution is -2.12. The summed E-state index contributed by atoms with van der Waals surface area (Å²) in [7, 11) is 0. The van der Waals surface area contributed by atoms with Gasteiger partial charge in [-0.15, -0.1) is 0 Å². The molecule has 0 spiro atoms. The Morgan fingerprint density at radius 3 is 2.78 bits per heavy atom. The second-order valence-electron chi connectivity index (χ2n) is 9.42. The molecule has 5 rings (SSSR count). The Hall–Kier alpha value is -4.24. The fraction of sp³-hybridized carbons (Fsp3) is 0.176. The van der Waals surface area contributed by atoms with Gasteiger partial charge in [0.1, 0.15) is 5.76 Å². The Balaban J connectivity index is 1.13. The number of aromatic nitrogens is 1.